The number of halogens is 2. The zero-order valence-corrected chi connectivity index (χ0v) is 19.2. The molecular weight excluding hydrogens is 441 g/mol. The summed E-state index contributed by atoms with van der Waals surface area (Å²) in [5.74, 6) is 0. The molecule has 4 nitrogen and oxygen atoms in total. The van der Waals surface area contributed by atoms with Gasteiger partial charge >= 0.3 is 0 Å². The van der Waals surface area contributed by atoms with Crippen LogP contribution >= 0.6 is 23.2 Å². The Kier molecular flexibility index (Phi) is 6.62. The van der Waals surface area contributed by atoms with E-state index in [1.165, 1.54) is 0 Å². The van der Waals surface area contributed by atoms with E-state index in [0.717, 1.165) is 33.5 Å². The van der Waals surface area contributed by atoms with Crippen molar-refractivity contribution in [2.45, 2.75) is 19.6 Å². The van der Waals surface area contributed by atoms with E-state index < -0.39 is 6.10 Å². The van der Waals surface area contributed by atoms with Crippen LogP contribution in [0, 0.1) is 18.3 Å². The maximum absolute atomic E-state index is 9.71. The van der Waals surface area contributed by atoms with Crippen molar-refractivity contribution in [2.75, 3.05) is 0 Å². The van der Waals surface area contributed by atoms with Crippen molar-refractivity contribution in [1.29, 1.82) is 5.26 Å². The summed E-state index contributed by atoms with van der Waals surface area (Å²) < 4.78 is 8.31. The highest BCUT2D eigenvalue weighted by molar-refractivity contribution is 6.35. The van der Waals surface area contributed by atoms with Crippen LogP contribution in [-0.2, 0) is 18.4 Å². The summed E-state index contributed by atoms with van der Waals surface area (Å²) in [5, 5.41) is 10.8. The fourth-order valence-corrected chi connectivity index (χ4v) is 4.17. The first-order chi connectivity index (χ1) is 15.5. The molecule has 3 aromatic carbocycles. The Morgan fingerprint density at radius 1 is 1.06 bits per heavy atom. The normalized spacial score (nSPS) is 11.8. The van der Waals surface area contributed by atoms with Crippen LogP contribution in [0.5, 0.6) is 0 Å². The molecule has 1 unspecified atom stereocenters. The Bertz CT molecular complexity index is 1310. The van der Waals surface area contributed by atoms with E-state index in [1.54, 1.807) is 24.7 Å². The molecule has 32 heavy (non-hydrogen) atoms. The Labute approximate surface area is 197 Å². The van der Waals surface area contributed by atoms with E-state index in [1.807, 2.05) is 67.1 Å². The van der Waals surface area contributed by atoms with Crippen LogP contribution in [0.25, 0.3) is 11.1 Å². The maximum Gasteiger partial charge on any atom is 0.124 e. The Balaban J connectivity index is 1.76. The van der Waals surface area contributed by atoms with Crippen LogP contribution in [0.15, 0.2) is 73.2 Å². The number of nitriles is 1. The molecule has 6 heteroatoms. The molecule has 4 aromatic rings. The predicted octanol–water partition coefficient (Wildman–Crippen LogP) is 6.88. The van der Waals surface area contributed by atoms with Crippen molar-refractivity contribution in [1.82, 2.24) is 9.55 Å². The summed E-state index contributed by atoms with van der Waals surface area (Å²) >= 11 is 12.4. The number of hydrogen-bond donors (Lipinski definition) is 0. The Morgan fingerprint density at radius 3 is 2.56 bits per heavy atom. The fraction of sp³-hybridized carbons (Fsp3) is 0.154. The molecule has 0 N–H and O–H groups in total. The highest BCUT2D eigenvalue weighted by atomic mass is 35.5. The lowest BCUT2D eigenvalue weighted by Gasteiger charge is -2.21. The lowest BCUT2D eigenvalue weighted by Crippen LogP contribution is -2.11. The van der Waals surface area contributed by atoms with Crippen molar-refractivity contribution in [3.05, 3.63) is 111 Å². The van der Waals surface area contributed by atoms with Gasteiger partial charge in [-0.05, 0) is 53.4 Å². The summed E-state index contributed by atoms with van der Waals surface area (Å²) in [6.45, 7) is 2.34. The molecule has 0 aliphatic rings. The Hall–Kier alpha value is -3.10. The van der Waals surface area contributed by atoms with Crippen LogP contribution in [0.3, 0.4) is 0 Å². The molecule has 0 bridgehead atoms. The van der Waals surface area contributed by atoms with Crippen LogP contribution in [-0.4, -0.2) is 9.55 Å². The third-order valence-electron chi connectivity index (χ3n) is 5.45. The van der Waals surface area contributed by atoms with E-state index in [2.05, 4.69) is 11.1 Å². The quantitative estimate of drug-likeness (QED) is 0.314. The minimum atomic E-state index is -0.398. The lowest BCUT2D eigenvalue weighted by atomic mass is 9.93. The zero-order valence-electron chi connectivity index (χ0n) is 17.7. The minimum absolute atomic E-state index is 0.297. The number of aryl methyl sites for hydroxylation is 2. The van der Waals surface area contributed by atoms with Gasteiger partial charge in [-0.1, -0.05) is 59.6 Å². The molecule has 0 aliphatic carbocycles. The first kappa shape index (κ1) is 22.1. The van der Waals surface area contributed by atoms with E-state index in [-0.39, 0.29) is 0 Å². The molecule has 4 rings (SSSR count). The van der Waals surface area contributed by atoms with Gasteiger partial charge in [-0.2, -0.15) is 5.26 Å². The fourth-order valence-electron chi connectivity index (χ4n) is 3.70. The van der Waals surface area contributed by atoms with Crippen molar-refractivity contribution < 1.29 is 4.74 Å². The number of hydrogen-bond acceptors (Lipinski definition) is 3. The van der Waals surface area contributed by atoms with Crippen LogP contribution < -0.4 is 0 Å². The highest BCUT2D eigenvalue weighted by Crippen LogP contribution is 2.34. The second-order valence-electron chi connectivity index (χ2n) is 7.59. The van der Waals surface area contributed by atoms with Gasteiger partial charge in [0.1, 0.15) is 6.10 Å². The van der Waals surface area contributed by atoms with Crippen molar-refractivity contribution in [3.8, 4) is 17.2 Å². The molecular formula is C26H21Cl2N3O. The third-order valence-corrected chi connectivity index (χ3v) is 6.03. The average molecular weight is 462 g/mol. The van der Waals surface area contributed by atoms with E-state index in [4.69, 9.17) is 27.9 Å². The van der Waals surface area contributed by atoms with Gasteiger partial charge in [0.05, 0.1) is 36.5 Å². The van der Waals surface area contributed by atoms with Gasteiger partial charge in [0.15, 0.2) is 0 Å². The van der Waals surface area contributed by atoms with E-state index in [9.17, 15) is 5.26 Å². The molecule has 0 radical (unpaired) electrons. The Morgan fingerprint density at radius 2 is 1.88 bits per heavy atom. The summed E-state index contributed by atoms with van der Waals surface area (Å²) in [7, 11) is 1.93. The van der Waals surface area contributed by atoms with Gasteiger partial charge in [0.25, 0.3) is 0 Å². The first-order valence-electron chi connectivity index (χ1n) is 10.1. The van der Waals surface area contributed by atoms with Gasteiger partial charge in [-0.25, -0.2) is 4.98 Å². The zero-order chi connectivity index (χ0) is 22.7. The van der Waals surface area contributed by atoms with Gasteiger partial charge in [0, 0.05) is 22.7 Å². The second kappa shape index (κ2) is 9.58. The standard InChI is InChI=1S/C26H21Cl2N3O/c1-17-5-3-4-6-22(17)23-11-18(7-8-19(23)13-29)26(25-14-30-16-31(25)2)32-15-20-9-10-21(27)12-24(20)28/h3-12,14,16,26H,15H2,1-2H3. The molecule has 0 spiro atoms. The largest absolute Gasteiger partial charge is 0.362 e. The van der Waals surface area contributed by atoms with Gasteiger partial charge in [0.2, 0.25) is 0 Å². The SMILES string of the molecule is Cc1ccccc1-c1cc(C(OCc2ccc(Cl)cc2Cl)c2cncn2C)ccc1C#N. The summed E-state index contributed by atoms with van der Waals surface area (Å²) in [6, 6.07) is 21.5. The number of ether oxygens (including phenoxy) is 1. The van der Waals surface area contributed by atoms with Crippen molar-refractivity contribution in [2.24, 2.45) is 7.05 Å². The van der Waals surface area contributed by atoms with E-state index >= 15 is 0 Å². The molecule has 0 amide bonds. The molecule has 0 saturated heterocycles. The molecule has 0 saturated carbocycles. The van der Waals surface area contributed by atoms with Gasteiger partial charge < -0.3 is 9.30 Å². The minimum Gasteiger partial charge on any atom is -0.362 e. The molecule has 1 atom stereocenters. The number of imidazole rings is 1. The molecule has 160 valence electrons. The number of nitrogens with zero attached hydrogens (tertiary/aromatic N) is 3. The van der Waals surface area contributed by atoms with Crippen molar-refractivity contribution in [3.63, 3.8) is 0 Å². The monoisotopic (exact) mass is 461 g/mol. The topological polar surface area (TPSA) is 50.8 Å². The summed E-state index contributed by atoms with van der Waals surface area (Å²) in [5.41, 5.74) is 6.29. The van der Waals surface area contributed by atoms with Gasteiger partial charge in [-0.3, -0.25) is 0 Å². The van der Waals surface area contributed by atoms with Crippen molar-refractivity contribution >= 4 is 23.2 Å². The average Bonchev–Trinajstić information content (AvgIpc) is 3.21. The van der Waals surface area contributed by atoms with Gasteiger partial charge in [-0.15, -0.1) is 0 Å². The second-order valence-corrected chi connectivity index (χ2v) is 8.43. The first-order valence-corrected chi connectivity index (χ1v) is 10.9. The lowest BCUT2D eigenvalue weighted by molar-refractivity contribution is 0.0623. The number of aromatic nitrogens is 2. The molecule has 1 aromatic heterocycles. The predicted molar refractivity (Wildman–Crippen MR) is 128 cm³/mol. The van der Waals surface area contributed by atoms with Crippen LogP contribution in [0.1, 0.15) is 34.1 Å². The third kappa shape index (κ3) is 4.56. The summed E-state index contributed by atoms with van der Waals surface area (Å²) in [6.07, 6.45) is 3.14. The highest BCUT2D eigenvalue weighted by Gasteiger charge is 2.21. The number of rotatable bonds is 6. The molecule has 0 fully saturated rings. The maximum atomic E-state index is 9.71. The summed E-state index contributed by atoms with van der Waals surface area (Å²) in [4.78, 5) is 4.27. The van der Waals surface area contributed by atoms with Crippen LogP contribution in [0.2, 0.25) is 10.0 Å². The van der Waals surface area contributed by atoms with Crippen LogP contribution in [0.4, 0.5) is 0 Å². The smallest absolute Gasteiger partial charge is 0.124 e. The van der Waals surface area contributed by atoms with E-state index in [0.29, 0.717) is 22.2 Å². The molecule has 0 aliphatic heterocycles. The number of benzene rings is 3. The molecule has 1 heterocycles.